The topological polar surface area (TPSA) is 44.8 Å². The summed E-state index contributed by atoms with van der Waals surface area (Å²) < 4.78 is 16.7. The number of hydrogen-bond acceptors (Lipinski definition) is 5. The highest BCUT2D eigenvalue weighted by Gasteiger charge is 2.13. The Morgan fingerprint density at radius 2 is 1.68 bits per heavy atom. The van der Waals surface area contributed by atoms with Crippen LogP contribution in [0, 0.1) is 0 Å². The second-order valence-corrected chi connectivity index (χ2v) is 8.22. The van der Waals surface area contributed by atoms with Crippen molar-refractivity contribution in [3.63, 3.8) is 0 Å². The Balaban J connectivity index is 1.77. The molecule has 0 spiro atoms. The van der Waals surface area contributed by atoms with Gasteiger partial charge in [-0.15, -0.1) is 0 Å². The minimum Gasteiger partial charge on any atom is -0.493 e. The van der Waals surface area contributed by atoms with Crippen LogP contribution in [0.3, 0.4) is 0 Å². The molecular weight excluding hydrogens is 432 g/mol. The summed E-state index contributed by atoms with van der Waals surface area (Å²) in [6.45, 7) is 2.14. The first-order valence-electron chi connectivity index (χ1n) is 9.99. The first-order chi connectivity index (χ1) is 15.1. The summed E-state index contributed by atoms with van der Waals surface area (Å²) >= 11 is 8.03. The maximum Gasteiger partial charge on any atom is 0.310 e. The van der Waals surface area contributed by atoms with Gasteiger partial charge in [-0.3, -0.25) is 4.79 Å². The van der Waals surface area contributed by atoms with Gasteiger partial charge in [-0.25, -0.2) is 0 Å². The molecule has 4 nitrogen and oxygen atoms in total. The van der Waals surface area contributed by atoms with Gasteiger partial charge in [0.1, 0.15) is 5.75 Å². The first-order valence-corrected chi connectivity index (χ1v) is 11.5. The van der Waals surface area contributed by atoms with Crippen LogP contribution in [-0.4, -0.2) is 19.7 Å². The van der Waals surface area contributed by atoms with Crippen LogP contribution in [-0.2, 0) is 27.5 Å². The molecule has 0 aliphatic heterocycles. The number of methoxy groups -OCH3 is 1. The van der Waals surface area contributed by atoms with Crippen LogP contribution in [0.4, 0.5) is 0 Å². The van der Waals surface area contributed by atoms with Crippen LogP contribution in [0.15, 0.2) is 66.7 Å². The summed E-state index contributed by atoms with van der Waals surface area (Å²) in [5, 5.41) is 0.658. The molecule has 3 aromatic rings. The SMILES string of the molecule is CCOC(=O)Cc1ccc(OC)c(Oc2ccc(Cl)cc2CSCc2ccccc2)c1. The molecule has 0 heterocycles. The average Bonchev–Trinajstić information content (AvgIpc) is 2.77. The lowest BCUT2D eigenvalue weighted by Crippen LogP contribution is -2.07. The van der Waals surface area contributed by atoms with E-state index in [0.717, 1.165) is 22.6 Å². The third kappa shape index (κ3) is 6.94. The highest BCUT2D eigenvalue weighted by atomic mass is 35.5. The highest BCUT2D eigenvalue weighted by Crippen LogP contribution is 2.36. The van der Waals surface area contributed by atoms with E-state index in [0.29, 0.717) is 28.9 Å². The summed E-state index contributed by atoms with van der Waals surface area (Å²) in [7, 11) is 1.59. The molecule has 0 aromatic heterocycles. The van der Waals surface area contributed by atoms with Crippen molar-refractivity contribution in [2.75, 3.05) is 13.7 Å². The van der Waals surface area contributed by atoms with E-state index in [-0.39, 0.29) is 12.4 Å². The van der Waals surface area contributed by atoms with Crippen molar-refractivity contribution in [2.24, 2.45) is 0 Å². The van der Waals surface area contributed by atoms with Gasteiger partial charge in [-0.1, -0.05) is 48.0 Å². The minimum atomic E-state index is -0.275. The van der Waals surface area contributed by atoms with Crippen molar-refractivity contribution in [1.29, 1.82) is 0 Å². The molecule has 0 unspecified atom stereocenters. The van der Waals surface area contributed by atoms with E-state index in [2.05, 4.69) is 12.1 Å². The van der Waals surface area contributed by atoms with E-state index in [1.54, 1.807) is 37.9 Å². The smallest absolute Gasteiger partial charge is 0.310 e. The summed E-state index contributed by atoms with van der Waals surface area (Å²) in [5.41, 5.74) is 3.06. The number of hydrogen-bond donors (Lipinski definition) is 0. The van der Waals surface area contributed by atoms with Crippen molar-refractivity contribution >= 4 is 29.3 Å². The average molecular weight is 457 g/mol. The molecule has 0 fully saturated rings. The van der Waals surface area contributed by atoms with Crippen LogP contribution in [0.1, 0.15) is 23.6 Å². The molecule has 3 rings (SSSR count). The zero-order chi connectivity index (χ0) is 22.1. The number of carbonyl (C=O) groups is 1. The van der Waals surface area contributed by atoms with Gasteiger partial charge in [-0.05, 0) is 48.4 Å². The molecule has 0 atom stereocenters. The van der Waals surface area contributed by atoms with Gasteiger partial charge in [0, 0.05) is 22.1 Å². The monoisotopic (exact) mass is 456 g/mol. The van der Waals surface area contributed by atoms with E-state index in [9.17, 15) is 4.79 Å². The fraction of sp³-hybridized carbons (Fsp3) is 0.240. The molecule has 0 saturated heterocycles. The largest absolute Gasteiger partial charge is 0.493 e. The molecule has 0 saturated carbocycles. The lowest BCUT2D eigenvalue weighted by Gasteiger charge is -2.15. The van der Waals surface area contributed by atoms with E-state index < -0.39 is 0 Å². The number of halogens is 1. The number of rotatable bonds is 10. The fourth-order valence-corrected chi connectivity index (χ4v) is 4.19. The number of thioether (sulfide) groups is 1. The van der Waals surface area contributed by atoms with Gasteiger partial charge < -0.3 is 14.2 Å². The maximum absolute atomic E-state index is 11.9. The second-order valence-electron chi connectivity index (χ2n) is 6.80. The molecular formula is C25H25ClO4S. The molecule has 0 amide bonds. The standard InChI is InChI=1S/C25H25ClO4S/c1-3-29-25(27)14-19-9-11-23(28-2)24(13-19)30-22-12-10-21(26)15-20(22)17-31-16-18-7-5-4-6-8-18/h4-13,15H,3,14,16-17H2,1-2H3. The van der Waals surface area contributed by atoms with Crippen LogP contribution in [0.25, 0.3) is 0 Å². The van der Waals surface area contributed by atoms with Gasteiger partial charge in [0.25, 0.3) is 0 Å². The van der Waals surface area contributed by atoms with Gasteiger partial charge in [0.2, 0.25) is 0 Å². The van der Waals surface area contributed by atoms with Crippen molar-refractivity contribution < 1.29 is 19.0 Å². The minimum absolute atomic E-state index is 0.175. The Morgan fingerprint density at radius 1 is 0.903 bits per heavy atom. The Bertz CT molecular complexity index is 1010. The number of esters is 1. The zero-order valence-electron chi connectivity index (χ0n) is 17.6. The summed E-state index contributed by atoms with van der Waals surface area (Å²) in [6.07, 6.45) is 0.175. The molecule has 0 radical (unpaired) electrons. The van der Waals surface area contributed by atoms with Crippen LogP contribution < -0.4 is 9.47 Å². The lowest BCUT2D eigenvalue weighted by molar-refractivity contribution is -0.142. The molecule has 0 aliphatic rings. The van der Waals surface area contributed by atoms with Crippen LogP contribution in [0.5, 0.6) is 17.2 Å². The van der Waals surface area contributed by atoms with Gasteiger partial charge >= 0.3 is 5.97 Å². The lowest BCUT2D eigenvalue weighted by atomic mass is 10.1. The predicted molar refractivity (Wildman–Crippen MR) is 126 cm³/mol. The van der Waals surface area contributed by atoms with E-state index in [1.807, 2.05) is 42.5 Å². The number of carbonyl (C=O) groups excluding carboxylic acids is 1. The van der Waals surface area contributed by atoms with E-state index in [1.165, 1.54) is 5.56 Å². The quantitative estimate of drug-likeness (QED) is 0.318. The molecule has 31 heavy (non-hydrogen) atoms. The Kier molecular flexibility index (Phi) is 8.68. The van der Waals surface area contributed by atoms with Crippen molar-refractivity contribution in [2.45, 2.75) is 24.9 Å². The van der Waals surface area contributed by atoms with Gasteiger partial charge in [-0.2, -0.15) is 11.8 Å². The first kappa shape index (κ1) is 23.0. The summed E-state index contributed by atoms with van der Waals surface area (Å²) in [6, 6.07) is 21.3. The third-order valence-electron chi connectivity index (χ3n) is 4.49. The Hall–Kier alpha value is -2.63. The predicted octanol–water partition coefficient (Wildman–Crippen LogP) is 6.68. The Labute approximate surface area is 192 Å². The molecule has 0 bridgehead atoms. The highest BCUT2D eigenvalue weighted by molar-refractivity contribution is 7.97. The van der Waals surface area contributed by atoms with E-state index in [4.69, 9.17) is 25.8 Å². The zero-order valence-corrected chi connectivity index (χ0v) is 19.2. The van der Waals surface area contributed by atoms with E-state index >= 15 is 0 Å². The van der Waals surface area contributed by atoms with Crippen LogP contribution in [0.2, 0.25) is 5.02 Å². The second kappa shape index (κ2) is 11.7. The number of benzene rings is 3. The number of ether oxygens (including phenoxy) is 3. The van der Waals surface area contributed by atoms with Crippen molar-refractivity contribution in [1.82, 2.24) is 0 Å². The maximum atomic E-state index is 11.9. The van der Waals surface area contributed by atoms with Crippen LogP contribution >= 0.6 is 23.4 Å². The molecule has 0 N–H and O–H groups in total. The van der Waals surface area contributed by atoms with Gasteiger partial charge in [0.05, 0.1) is 20.1 Å². The van der Waals surface area contributed by atoms with Crippen molar-refractivity contribution in [3.05, 3.63) is 88.4 Å². The van der Waals surface area contributed by atoms with Crippen molar-refractivity contribution in [3.8, 4) is 17.2 Å². The Morgan fingerprint density at radius 3 is 2.42 bits per heavy atom. The fourth-order valence-electron chi connectivity index (χ4n) is 3.02. The normalized spacial score (nSPS) is 10.5. The molecule has 3 aromatic carbocycles. The molecule has 0 aliphatic carbocycles. The third-order valence-corrected chi connectivity index (χ3v) is 5.78. The molecule has 162 valence electrons. The molecule has 6 heteroatoms. The van der Waals surface area contributed by atoms with Gasteiger partial charge in [0.15, 0.2) is 11.5 Å². The summed E-state index contributed by atoms with van der Waals surface area (Å²) in [5.74, 6) is 3.20. The summed E-state index contributed by atoms with van der Waals surface area (Å²) in [4.78, 5) is 11.9.